The standard InChI is InChI=1S/C23H15BrN4O12S3/c24-17-10-15(42(35,36)37)7-11-8-19(43(38,39)40)21(22(29)20(11)17)28-27-18-6-3-13(9-16(18)23(30)31)26-25-12-1-4-14(5-2-12)41(32,33)34/h1-10,29H,(H,30,31)(H,32,33,34)(H,35,36,37)(H,38,39,40)/b26-25+,28-27+. The van der Waals surface area contributed by atoms with Crippen molar-refractivity contribution in [3.63, 3.8) is 0 Å². The number of nitrogens with zero attached hydrogens (tertiary/aromatic N) is 4. The number of carboxylic acids is 1. The van der Waals surface area contributed by atoms with Crippen LogP contribution in [0.5, 0.6) is 5.75 Å². The van der Waals surface area contributed by atoms with Crippen molar-refractivity contribution in [2.24, 2.45) is 20.5 Å². The van der Waals surface area contributed by atoms with Crippen molar-refractivity contribution in [1.82, 2.24) is 0 Å². The first-order valence-corrected chi connectivity index (χ1v) is 16.2. The second-order valence-corrected chi connectivity index (χ2v) is 13.5. The summed E-state index contributed by atoms with van der Waals surface area (Å²) in [5.41, 5.74) is -1.49. The summed E-state index contributed by atoms with van der Waals surface area (Å²) in [7, 11) is -14.3. The summed E-state index contributed by atoms with van der Waals surface area (Å²) in [5.74, 6) is -2.40. The summed E-state index contributed by atoms with van der Waals surface area (Å²) in [5, 5.41) is 35.2. The lowest BCUT2D eigenvalue weighted by atomic mass is 10.1. The molecule has 4 aromatic rings. The molecule has 0 fully saturated rings. The number of benzene rings is 4. The number of halogens is 1. The minimum Gasteiger partial charge on any atom is -0.505 e. The van der Waals surface area contributed by atoms with E-state index in [9.17, 15) is 49.4 Å². The molecule has 16 nitrogen and oxygen atoms in total. The molecule has 43 heavy (non-hydrogen) atoms. The van der Waals surface area contributed by atoms with E-state index in [4.69, 9.17) is 4.55 Å². The third-order valence-electron chi connectivity index (χ3n) is 5.53. The van der Waals surface area contributed by atoms with E-state index in [-0.39, 0.29) is 37.2 Å². The van der Waals surface area contributed by atoms with Gasteiger partial charge in [0.25, 0.3) is 30.4 Å². The highest BCUT2D eigenvalue weighted by atomic mass is 79.9. The van der Waals surface area contributed by atoms with E-state index < -0.39 is 63.1 Å². The Morgan fingerprint density at radius 2 is 1.26 bits per heavy atom. The summed E-state index contributed by atoms with van der Waals surface area (Å²) in [6.45, 7) is 0. The number of carboxylic acid groups (broad SMARTS) is 1. The van der Waals surface area contributed by atoms with Crippen LogP contribution in [0.15, 0.2) is 100 Å². The van der Waals surface area contributed by atoms with E-state index in [1.807, 2.05) is 0 Å². The molecule has 0 aliphatic rings. The molecule has 0 aliphatic heterocycles. The van der Waals surface area contributed by atoms with Gasteiger partial charge in [-0.15, -0.1) is 10.2 Å². The first-order valence-electron chi connectivity index (χ1n) is 11.1. The molecule has 0 atom stereocenters. The van der Waals surface area contributed by atoms with Crippen molar-refractivity contribution in [1.29, 1.82) is 0 Å². The predicted molar refractivity (Wildman–Crippen MR) is 151 cm³/mol. The number of hydrogen-bond donors (Lipinski definition) is 5. The van der Waals surface area contributed by atoms with Crippen LogP contribution in [0.25, 0.3) is 10.8 Å². The molecule has 0 radical (unpaired) electrons. The fraction of sp³-hybridized carbons (Fsp3) is 0. The van der Waals surface area contributed by atoms with Gasteiger partial charge in [0.15, 0.2) is 5.75 Å². The molecule has 0 amide bonds. The predicted octanol–water partition coefficient (Wildman–Crippen LogP) is 5.58. The zero-order valence-corrected chi connectivity index (χ0v) is 24.8. The van der Waals surface area contributed by atoms with E-state index in [0.29, 0.717) is 0 Å². The average Bonchev–Trinajstić information content (AvgIpc) is 2.89. The van der Waals surface area contributed by atoms with E-state index in [1.54, 1.807) is 0 Å². The number of phenols is 1. The fourth-order valence-corrected chi connectivity index (χ4v) is 6.10. The summed E-state index contributed by atoms with van der Waals surface area (Å²) < 4.78 is 97.7. The second kappa shape index (κ2) is 11.5. The number of aromatic carboxylic acids is 1. The number of rotatable bonds is 8. The summed E-state index contributed by atoms with van der Waals surface area (Å²) in [6, 6.07) is 10.6. The van der Waals surface area contributed by atoms with Gasteiger partial charge in [-0.2, -0.15) is 35.5 Å². The fourth-order valence-electron chi connectivity index (χ4n) is 3.60. The van der Waals surface area contributed by atoms with E-state index in [1.165, 1.54) is 18.2 Å². The van der Waals surface area contributed by atoms with Crippen LogP contribution in [0.1, 0.15) is 10.4 Å². The number of phenolic OH excluding ortho intramolecular Hbond substituents is 1. The van der Waals surface area contributed by atoms with Gasteiger partial charge >= 0.3 is 5.97 Å². The highest BCUT2D eigenvalue weighted by Gasteiger charge is 2.25. The van der Waals surface area contributed by atoms with Crippen molar-refractivity contribution in [2.45, 2.75) is 14.7 Å². The molecule has 5 N–H and O–H groups in total. The van der Waals surface area contributed by atoms with Crippen LogP contribution in [-0.2, 0) is 30.4 Å². The SMILES string of the molecule is O=C(O)c1cc(/N=N/c2ccc(S(=O)(=O)O)cc2)ccc1/N=N/c1c(S(=O)(=O)O)cc2cc(S(=O)(=O)O)cc(Br)c2c1O. The molecule has 0 saturated carbocycles. The largest absolute Gasteiger partial charge is 0.505 e. The topological polar surface area (TPSA) is 270 Å². The van der Waals surface area contributed by atoms with E-state index in [0.717, 1.165) is 42.5 Å². The molecule has 0 spiro atoms. The highest BCUT2D eigenvalue weighted by molar-refractivity contribution is 9.10. The number of carbonyl (C=O) groups is 1. The molecular weight excluding hydrogens is 700 g/mol. The van der Waals surface area contributed by atoms with Gasteiger partial charge in [-0.1, -0.05) is 0 Å². The van der Waals surface area contributed by atoms with Crippen molar-refractivity contribution >= 4 is 85.8 Å². The Morgan fingerprint density at radius 3 is 1.81 bits per heavy atom. The van der Waals surface area contributed by atoms with Crippen LogP contribution in [0.4, 0.5) is 22.7 Å². The minimum atomic E-state index is -5.12. The monoisotopic (exact) mass is 714 g/mol. The smallest absolute Gasteiger partial charge is 0.338 e. The van der Waals surface area contributed by atoms with Gasteiger partial charge in [0.2, 0.25) is 0 Å². The van der Waals surface area contributed by atoms with Crippen molar-refractivity contribution in [2.75, 3.05) is 0 Å². The summed E-state index contributed by atoms with van der Waals surface area (Å²) in [6.07, 6.45) is 0. The summed E-state index contributed by atoms with van der Waals surface area (Å²) in [4.78, 5) is 9.86. The maximum absolute atomic E-state index is 12.1. The van der Waals surface area contributed by atoms with Crippen molar-refractivity contribution in [3.05, 3.63) is 70.7 Å². The Hall–Kier alpha value is -4.18. The molecule has 224 valence electrons. The molecule has 20 heteroatoms. The van der Waals surface area contributed by atoms with E-state index in [2.05, 4.69) is 36.4 Å². The van der Waals surface area contributed by atoms with Gasteiger partial charge in [0.1, 0.15) is 16.3 Å². The maximum atomic E-state index is 12.1. The zero-order chi connectivity index (χ0) is 31.9. The lowest BCUT2D eigenvalue weighted by molar-refractivity contribution is 0.0697. The zero-order valence-electron chi connectivity index (χ0n) is 20.8. The number of azo groups is 2. The second-order valence-electron chi connectivity index (χ2n) is 8.40. The molecule has 0 aromatic heterocycles. The normalized spacial score (nSPS) is 12.8. The minimum absolute atomic E-state index is 0.000883. The molecule has 4 rings (SSSR count). The Kier molecular flexibility index (Phi) is 8.48. The molecule has 0 bridgehead atoms. The number of hydrogen-bond acceptors (Lipinski definition) is 12. The van der Waals surface area contributed by atoms with Gasteiger partial charge in [0.05, 0.1) is 26.7 Å². The summed E-state index contributed by atoms with van der Waals surface area (Å²) >= 11 is 3.02. The van der Waals surface area contributed by atoms with Crippen LogP contribution in [-0.4, -0.2) is 55.1 Å². The lowest BCUT2D eigenvalue weighted by Crippen LogP contribution is -2.01. The van der Waals surface area contributed by atoms with Crippen molar-refractivity contribution < 1.29 is 53.9 Å². The number of aromatic hydroxyl groups is 1. The quantitative estimate of drug-likeness (QED) is 0.111. The first kappa shape index (κ1) is 31.7. The Morgan fingerprint density at radius 1 is 0.674 bits per heavy atom. The Bertz CT molecular complexity index is 2200. The van der Waals surface area contributed by atoms with Crippen LogP contribution in [0.2, 0.25) is 0 Å². The molecule has 0 saturated heterocycles. The Balaban J connectivity index is 1.78. The van der Waals surface area contributed by atoms with Gasteiger partial charge in [-0.25, -0.2) is 4.79 Å². The van der Waals surface area contributed by atoms with Gasteiger partial charge in [-0.05, 0) is 82.0 Å². The van der Waals surface area contributed by atoms with Crippen LogP contribution in [0, 0.1) is 0 Å². The van der Waals surface area contributed by atoms with Crippen molar-refractivity contribution in [3.8, 4) is 5.75 Å². The van der Waals surface area contributed by atoms with Gasteiger partial charge in [0, 0.05) is 9.86 Å². The maximum Gasteiger partial charge on any atom is 0.338 e. The number of fused-ring (bicyclic) bond motifs is 1. The molecule has 0 heterocycles. The van der Waals surface area contributed by atoms with Crippen LogP contribution >= 0.6 is 15.9 Å². The van der Waals surface area contributed by atoms with E-state index >= 15 is 0 Å². The first-order chi connectivity index (χ1) is 19.9. The van der Waals surface area contributed by atoms with Gasteiger partial charge in [-0.3, -0.25) is 13.7 Å². The molecular formula is C23H15BrN4O12S3. The Labute approximate surface area is 250 Å². The van der Waals surface area contributed by atoms with Crippen LogP contribution < -0.4 is 0 Å². The third-order valence-corrected chi connectivity index (χ3v) is 8.73. The van der Waals surface area contributed by atoms with Gasteiger partial charge < -0.3 is 10.2 Å². The third kappa shape index (κ3) is 7.07. The molecule has 4 aromatic carbocycles. The lowest BCUT2D eigenvalue weighted by Gasteiger charge is -2.11. The highest BCUT2D eigenvalue weighted by Crippen LogP contribution is 2.45. The van der Waals surface area contributed by atoms with Crippen LogP contribution in [0.3, 0.4) is 0 Å². The molecule has 0 aliphatic carbocycles. The molecule has 0 unspecified atom stereocenters. The average molecular weight is 715 g/mol.